The van der Waals surface area contributed by atoms with Crippen LogP contribution in [-0.4, -0.2) is 31.4 Å². The van der Waals surface area contributed by atoms with Crippen LogP contribution < -0.4 is 14.2 Å². The van der Waals surface area contributed by atoms with E-state index in [9.17, 15) is 4.79 Å². The van der Waals surface area contributed by atoms with Crippen LogP contribution in [0, 0.1) is 0 Å². The van der Waals surface area contributed by atoms with Crippen LogP contribution in [0.3, 0.4) is 0 Å². The molecule has 0 saturated heterocycles. The molecule has 5 nitrogen and oxygen atoms in total. The van der Waals surface area contributed by atoms with Crippen LogP contribution in [0.4, 0.5) is 0 Å². The molecule has 0 aliphatic carbocycles. The van der Waals surface area contributed by atoms with E-state index in [0.29, 0.717) is 23.7 Å². The van der Waals surface area contributed by atoms with Crippen molar-refractivity contribution in [1.29, 1.82) is 0 Å². The molecule has 0 spiro atoms. The van der Waals surface area contributed by atoms with Gasteiger partial charge in [-0.3, -0.25) is 0 Å². The van der Waals surface area contributed by atoms with Crippen LogP contribution in [0.5, 0.6) is 17.2 Å². The predicted molar refractivity (Wildman–Crippen MR) is 71.1 cm³/mol. The summed E-state index contributed by atoms with van der Waals surface area (Å²) in [6, 6.07) is 4.99. The molecule has 0 heterocycles. The first-order valence-electron chi connectivity index (χ1n) is 6.23. The third-order valence-electron chi connectivity index (χ3n) is 2.70. The van der Waals surface area contributed by atoms with E-state index in [1.165, 1.54) is 14.2 Å². The maximum atomic E-state index is 11.1. The lowest BCUT2D eigenvalue weighted by Crippen LogP contribution is -2.26. The van der Waals surface area contributed by atoms with Gasteiger partial charge in [0.1, 0.15) is 17.2 Å². The van der Waals surface area contributed by atoms with Gasteiger partial charge in [-0.1, -0.05) is 13.3 Å². The van der Waals surface area contributed by atoms with E-state index in [1.807, 2.05) is 6.92 Å². The number of hydrogen-bond donors (Lipinski definition) is 1. The fourth-order valence-electron chi connectivity index (χ4n) is 1.64. The summed E-state index contributed by atoms with van der Waals surface area (Å²) in [5.41, 5.74) is 0. The highest BCUT2D eigenvalue weighted by Gasteiger charge is 2.19. The molecule has 5 heteroatoms. The molecule has 1 unspecified atom stereocenters. The van der Waals surface area contributed by atoms with Crippen LogP contribution in [-0.2, 0) is 4.79 Å². The van der Waals surface area contributed by atoms with Gasteiger partial charge in [0, 0.05) is 18.2 Å². The molecular formula is C14H20O5. The number of rotatable bonds is 8. The van der Waals surface area contributed by atoms with E-state index in [0.717, 1.165) is 12.8 Å². The lowest BCUT2D eigenvalue weighted by atomic mass is 10.1. The van der Waals surface area contributed by atoms with Crippen molar-refractivity contribution in [2.75, 3.05) is 14.2 Å². The molecule has 0 aliphatic heterocycles. The van der Waals surface area contributed by atoms with Crippen molar-refractivity contribution < 1.29 is 24.1 Å². The fourth-order valence-corrected chi connectivity index (χ4v) is 1.64. The highest BCUT2D eigenvalue weighted by Crippen LogP contribution is 2.28. The number of carbonyl (C=O) groups is 1. The van der Waals surface area contributed by atoms with Gasteiger partial charge in [0.15, 0.2) is 6.10 Å². The molecule has 0 aliphatic rings. The summed E-state index contributed by atoms with van der Waals surface area (Å²) in [6.45, 7) is 2.01. The summed E-state index contributed by atoms with van der Waals surface area (Å²) in [4.78, 5) is 11.1. The summed E-state index contributed by atoms with van der Waals surface area (Å²) in [7, 11) is 3.06. The predicted octanol–water partition coefficient (Wildman–Crippen LogP) is 2.73. The Morgan fingerprint density at radius 3 is 2.11 bits per heavy atom. The Balaban J connectivity index is 2.85. The second kappa shape index (κ2) is 7.51. The highest BCUT2D eigenvalue weighted by molar-refractivity contribution is 5.72. The number of hydrogen-bond acceptors (Lipinski definition) is 4. The third-order valence-corrected chi connectivity index (χ3v) is 2.70. The van der Waals surface area contributed by atoms with Crippen LogP contribution in [0.15, 0.2) is 18.2 Å². The number of ether oxygens (including phenoxy) is 3. The molecular weight excluding hydrogens is 248 g/mol. The number of aliphatic carboxylic acids is 1. The maximum absolute atomic E-state index is 11.1. The van der Waals surface area contributed by atoms with Crippen LogP contribution in [0.25, 0.3) is 0 Å². The summed E-state index contributed by atoms with van der Waals surface area (Å²) < 4.78 is 15.7. The molecule has 0 aromatic heterocycles. The van der Waals surface area contributed by atoms with E-state index in [-0.39, 0.29) is 0 Å². The van der Waals surface area contributed by atoms with Crippen molar-refractivity contribution >= 4 is 5.97 Å². The Morgan fingerprint density at radius 2 is 1.68 bits per heavy atom. The Morgan fingerprint density at radius 1 is 1.16 bits per heavy atom. The largest absolute Gasteiger partial charge is 0.496 e. The van der Waals surface area contributed by atoms with Gasteiger partial charge >= 0.3 is 5.97 Å². The minimum absolute atomic E-state index is 0.430. The molecule has 0 fully saturated rings. The molecule has 1 aromatic rings. The Hall–Kier alpha value is -1.91. The number of carboxylic acids is 1. The quantitative estimate of drug-likeness (QED) is 0.785. The Labute approximate surface area is 113 Å². The standard InChI is InChI=1S/C14H20O5/c1-4-5-6-13(14(15)16)19-12-8-10(17-2)7-11(9-12)18-3/h7-9,13H,4-6H2,1-3H3,(H,15,16). The van der Waals surface area contributed by atoms with Crippen molar-refractivity contribution in [2.24, 2.45) is 0 Å². The second-order valence-electron chi connectivity index (χ2n) is 4.14. The zero-order valence-electron chi connectivity index (χ0n) is 11.5. The normalized spacial score (nSPS) is 11.7. The van der Waals surface area contributed by atoms with Gasteiger partial charge in [0.25, 0.3) is 0 Å². The lowest BCUT2D eigenvalue weighted by Gasteiger charge is -2.16. The molecule has 1 aromatic carbocycles. The zero-order chi connectivity index (χ0) is 14.3. The first-order chi connectivity index (χ1) is 9.10. The van der Waals surface area contributed by atoms with E-state index in [2.05, 4.69) is 0 Å². The molecule has 19 heavy (non-hydrogen) atoms. The first-order valence-corrected chi connectivity index (χ1v) is 6.23. The van der Waals surface area contributed by atoms with Crippen molar-refractivity contribution in [3.8, 4) is 17.2 Å². The Bertz CT molecular complexity index is 394. The van der Waals surface area contributed by atoms with Crippen molar-refractivity contribution in [1.82, 2.24) is 0 Å². The molecule has 1 N–H and O–H groups in total. The van der Waals surface area contributed by atoms with Gasteiger partial charge in [0.05, 0.1) is 14.2 Å². The molecule has 1 atom stereocenters. The van der Waals surface area contributed by atoms with Crippen molar-refractivity contribution in [3.05, 3.63) is 18.2 Å². The number of carboxylic acid groups (broad SMARTS) is 1. The minimum Gasteiger partial charge on any atom is -0.496 e. The fraction of sp³-hybridized carbons (Fsp3) is 0.500. The van der Waals surface area contributed by atoms with Crippen LogP contribution >= 0.6 is 0 Å². The average molecular weight is 268 g/mol. The van der Waals surface area contributed by atoms with Gasteiger partial charge in [-0.25, -0.2) is 4.79 Å². The highest BCUT2D eigenvalue weighted by atomic mass is 16.5. The Kier molecular flexibility index (Phi) is 5.99. The van der Waals surface area contributed by atoms with Gasteiger partial charge in [-0.05, 0) is 12.8 Å². The summed E-state index contributed by atoms with van der Waals surface area (Å²) >= 11 is 0. The first kappa shape index (κ1) is 15.1. The molecule has 0 amide bonds. The number of methoxy groups -OCH3 is 2. The second-order valence-corrected chi connectivity index (χ2v) is 4.14. The molecule has 0 saturated carbocycles. The summed E-state index contributed by atoms with van der Waals surface area (Å²) in [6.07, 6.45) is 1.36. The third kappa shape index (κ3) is 4.69. The number of unbranched alkanes of at least 4 members (excludes halogenated alkanes) is 1. The maximum Gasteiger partial charge on any atom is 0.344 e. The van der Waals surface area contributed by atoms with E-state index >= 15 is 0 Å². The minimum atomic E-state index is -0.963. The van der Waals surface area contributed by atoms with Gasteiger partial charge in [0.2, 0.25) is 0 Å². The average Bonchev–Trinajstić information content (AvgIpc) is 2.42. The monoisotopic (exact) mass is 268 g/mol. The van der Waals surface area contributed by atoms with Gasteiger partial charge in [-0.15, -0.1) is 0 Å². The van der Waals surface area contributed by atoms with Crippen LogP contribution in [0.1, 0.15) is 26.2 Å². The van der Waals surface area contributed by atoms with E-state index in [1.54, 1.807) is 18.2 Å². The van der Waals surface area contributed by atoms with E-state index in [4.69, 9.17) is 19.3 Å². The zero-order valence-corrected chi connectivity index (χ0v) is 11.5. The van der Waals surface area contributed by atoms with E-state index < -0.39 is 12.1 Å². The SMILES string of the molecule is CCCCC(Oc1cc(OC)cc(OC)c1)C(=O)O. The number of benzene rings is 1. The molecule has 106 valence electrons. The van der Waals surface area contributed by atoms with Gasteiger partial charge < -0.3 is 19.3 Å². The molecule has 1 rings (SSSR count). The lowest BCUT2D eigenvalue weighted by molar-refractivity contribution is -0.145. The summed E-state index contributed by atoms with van der Waals surface area (Å²) in [5.74, 6) is 0.595. The van der Waals surface area contributed by atoms with Crippen molar-refractivity contribution in [3.63, 3.8) is 0 Å². The smallest absolute Gasteiger partial charge is 0.344 e. The van der Waals surface area contributed by atoms with Crippen LogP contribution in [0.2, 0.25) is 0 Å². The van der Waals surface area contributed by atoms with Gasteiger partial charge in [-0.2, -0.15) is 0 Å². The van der Waals surface area contributed by atoms with Crippen molar-refractivity contribution in [2.45, 2.75) is 32.3 Å². The summed E-state index contributed by atoms with van der Waals surface area (Å²) in [5, 5.41) is 9.13. The topological polar surface area (TPSA) is 65.0 Å². The molecule has 0 radical (unpaired) electrons. The molecule has 0 bridgehead atoms.